The molecule has 1 aromatic rings. The Bertz CT molecular complexity index is 776. The van der Waals surface area contributed by atoms with Crippen molar-refractivity contribution >= 4 is 27.8 Å². The monoisotopic (exact) mass is 389 g/mol. The highest BCUT2D eigenvalue weighted by molar-refractivity contribution is 7.91. The van der Waals surface area contributed by atoms with Crippen LogP contribution in [0.4, 0.5) is 8.78 Å². The molecule has 1 aliphatic rings. The van der Waals surface area contributed by atoms with E-state index in [0.717, 1.165) is 6.08 Å². The fourth-order valence-electron chi connectivity index (χ4n) is 2.29. The number of nitrogens with one attached hydrogen (secondary N) is 1. The van der Waals surface area contributed by atoms with E-state index in [1.165, 1.54) is 30.3 Å². The van der Waals surface area contributed by atoms with E-state index < -0.39 is 41.0 Å². The standard InChI is InChI=1S/C16H17F2NO6S/c17-16(18)25-13-4-1-11(2-5-13)3-6-15(21)24-9-14(20)19-12-7-8-26(22,23)10-12/h1-6,12,16H,7-10H2,(H,19,20)/b6-3+/t12-/m0/s1. The lowest BCUT2D eigenvalue weighted by atomic mass is 10.2. The number of benzene rings is 1. The second kappa shape index (κ2) is 8.75. The number of rotatable bonds is 7. The van der Waals surface area contributed by atoms with Gasteiger partial charge in [-0.3, -0.25) is 4.79 Å². The van der Waals surface area contributed by atoms with E-state index in [2.05, 4.69) is 10.1 Å². The van der Waals surface area contributed by atoms with Crippen LogP contribution in [-0.2, 0) is 24.2 Å². The molecule has 2 rings (SSSR count). The van der Waals surface area contributed by atoms with Gasteiger partial charge in [0.1, 0.15) is 5.75 Å². The number of ether oxygens (including phenoxy) is 2. The fraction of sp³-hybridized carbons (Fsp3) is 0.375. The van der Waals surface area contributed by atoms with Crippen LogP contribution >= 0.6 is 0 Å². The number of carbonyl (C=O) groups is 2. The molecule has 0 unspecified atom stereocenters. The van der Waals surface area contributed by atoms with Crippen LogP contribution in [0.1, 0.15) is 12.0 Å². The van der Waals surface area contributed by atoms with Crippen molar-refractivity contribution in [1.29, 1.82) is 0 Å². The minimum absolute atomic E-state index is 0.00896. The van der Waals surface area contributed by atoms with Crippen LogP contribution in [-0.4, -0.2) is 51.1 Å². The zero-order chi connectivity index (χ0) is 19.2. The van der Waals surface area contributed by atoms with Gasteiger partial charge in [0, 0.05) is 12.1 Å². The molecule has 1 N–H and O–H groups in total. The maximum absolute atomic E-state index is 12.0. The zero-order valence-electron chi connectivity index (χ0n) is 13.6. The van der Waals surface area contributed by atoms with Crippen LogP contribution in [0, 0.1) is 0 Å². The van der Waals surface area contributed by atoms with E-state index in [9.17, 15) is 26.8 Å². The summed E-state index contributed by atoms with van der Waals surface area (Å²) in [6.45, 7) is -3.44. The largest absolute Gasteiger partial charge is 0.452 e. The van der Waals surface area contributed by atoms with Crippen molar-refractivity contribution in [2.75, 3.05) is 18.1 Å². The van der Waals surface area contributed by atoms with Crippen LogP contribution < -0.4 is 10.1 Å². The van der Waals surface area contributed by atoms with Crippen molar-refractivity contribution < 1.29 is 36.3 Å². The summed E-state index contributed by atoms with van der Waals surface area (Å²) in [6.07, 6.45) is 2.80. The first-order valence-corrected chi connectivity index (χ1v) is 9.45. The molecule has 142 valence electrons. The molecule has 1 aliphatic heterocycles. The fourth-order valence-corrected chi connectivity index (χ4v) is 3.96. The predicted octanol–water partition coefficient (Wildman–Crippen LogP) is 1.15. The van der Waals surface area contributed by atoms with Gasteiger partial charge in [-0.1, -0.05) is 12.1 Å². The number of esters is 1. The quantitative estimate of drug-likeness (QED) is 0.555. The number of amides is 1. The van der Waals surface area contributed by atoms with Crippen LogP contribution in [0.5, 0.6) is 5.75 Å². The third kappa shape index (κ3) is 6.79. The van der Waals surface area contributed by atoms with Crippen LogP contribution in [0.15, 0.2) is 30.3 Å². The maximum Gasteiger partial charge on any atom is 0.387 e. The van der Waals surface area contributed by atoms with Crippen molar-refractivity contribution in [2.24, 2.45) is 0 Å². The first-order valence-electron chi connectivity index (χ1n) is 7.63. The lowest BCUT2D eigenvalue weighted by Crippen LogP contribution is -2.38. The molecular formula is C16H17F2NO6S. The van der Waals surface area contributed by atoms with E-state index in [1.807, 2.05) is 0 Å². The molecule has 1 heterocycles. The summed E-state index contributed by atoms with van der Waals surface area (Å²) in [4.78, 5) is 23.2. The minimum atomic E-state index is -3.11. The molecule has 26 heavy (non-hydrogen) atoms. The molecule has 1 aromatic carbocycles. The molecule has 1 saturated heterocycles. The van der Waals surface area contributed by atoms with Crippen molar-refractivity contribution in [1.82, 2.24) is 5.32 Å². The van der Waals surface area contributed by atoms with Crippen molar-refractivity contribution in [2.45, 2.75) is 19.1 Å². The smallest absolute Gasteiger partial charge is 0.387 e. The van der Waals surface area contributed by atoms with Gasteiger partial charge in [0.25, 0.3) is 5.91 Å². The highest BCUT2D eigenvalue weighted by atomic mass is 32.2. The van der Waals surface area contributed by atoms with Gasteiger partial charge in [-0.15, -0.1) is 0 Å². The Morgan fingerprint density at radius 2 is 1.96 bits per heavy atom. The molecule has 0 aliphatic carbocycles. The molecule has 0 bridgehead atoms. The highest BCUT2D eigenvalue weighted by Gasteiger charge is 2.28. The van der Waals surface area contributed by atoms with E-state index in [0.29, 0.717) is 12.0 Å². The predicted molar refractivity (Wildman–Crippen MR) is 88.3 cm³/mol. The molecule has 1 atom stereocenters. The molecule has 0 aromatic heterocycles. The van der Waals surface area contributed by atoms with Gasteiger partial charge in [0.15, 0.2) is 16.4 Å². The van der Waals surface area contributed by atoms with Crippen molar-refractivity contribution in [3.05, 3.63) is 35.9 Å². The SMILES string of the molecule is O=C(COC(=O)/C=C/c1ccc(OC(F)F)cc1)N[C@H]1CCS(=O)(=O)C1. The Kier molecular flexibility index (Phi) is 6.67. The van der Waals surface area contributed by atoms with E-state index in [1.54, 1.807) is 0 Å². The Labute approximate surface area is 148 Å². The Balaban J connectivity index is 1.74. The van der Waals surface area contributed by atoms with Gasteiger partial charge in [-0.2, -0.15) is 8.78 Å². The maximum atomic E-state index is 12.0. The number of alkyl halides is 2. The average molecular weight is 389 g/mol. The van der Waals surface area contributed by atoms with Crippen LogP contribution in [0.3, 0.4) is 0 Å². The lowest BCUT2D eigenvalue weighted by molar-refractivity contribution is -0.143. The Morgan fingerprint density at radius 3 is 2.54 bits per heavy atom. The molecule has 1 amide bonds. The molecule has 0 saturated carbocycles. The third-order valence-electron chi connectivity index (χ3n) is 3.46. The van der Waals surface area contributed by atoms with Crippen LogP contribution in [0.2, 0.25) is 0 Å². The summed E-state index contributed by atoms with van der Waals surface area (Å²) in [5, 5.41) is 2.49. The second-order valence-corrected chi connectivity index (χ2v) is 7.78. The molecule has 1 fully saturated rings. The Morgan fingerprint density at radius 1 is 1.27 bits per heavy atom. The van der Waals surface area contributed by atoms with Crippen molar-refractivity contribution in [3.63, 3.8) is 0 Å². The van der Waals surface area contributed by atoms with Gasteiger partial charge in [0.05, 0.1) is 11.5 Å². The lowest BCUT2D eigenvalue weighted by Gasteiger charge is -2.10. The molecule has 7 nitrogen and oxygen atoms in total. The topological polar surface area (TPSA) is 98.8 Å². The summed E-state index contributed by atoms with van der Waals surface area (Å²) in [6, 6.07) is 5.11. The van der Waals surface area contributed by atoms with E-state index >= 15 is 0 Å². The summed E-state index contributed by atoms with van der Waals surface area (Å²) >= 11 is 0. The van der Waals surface area contributed by atoms with E-state index in [4.69, 9.17) is 4.74 Å². The minimum Gasteiger partial charge on any atom is -0.452 e. The molecule has 0 spiro atoms. The third-order valence-corrected chi connectivity index (χ3v) is 5.23. The van der Waals surface area contributed by atoms with Crippen molar-refractivity contribution in [3.8, 4) is 5.75 Å². The van der Waals surface area contributed by atoms with E-state index in [-0.39, 0.29) is 17.3 Å². The van der Waals surface area contributed by atoms with Gasteiger partial charge in [-0.05, 0) is 30.2 Å². The number of hydrogen-bond donors (Lipinski definition) is 1. The Hall–Kier alpha value is -2.49. The number of halogens is 2. The average Bonchev–Trinajstić information content (AvgIpc) is 2.90. The summed E-state index contributed by atoms with van der Waals surface area (Å²) in [5.41, 5.74) is 0.546. The number of hydrogen-bond acceptors (Lipinski definition) is 6. The summed E-state index contributed by atoms with van der Waals surface area (Å²) < 4.78 is 55.6. The van der Waals surface area contributed by atoms with Crippen LogP contribution in [0.25, 0.3) is 6.08 Å². The molecule has 0 radical (unpaired) electrons. The normalized spacial score (nSPS) is 18.8. The first-order chi connectivity index (χ1) is 12.2. The summed E-state index contributed by atoms with van der Waals surface area (Å²) in [5.74, 6) is -1.45. The van der Waals surface area contributed by atoms with Gasteiger partial charge >= 0.3 is 12.6 Å². The highest BCUT2D eigenvalue weighted by Crippen LogP contribution is 2.15. The summed E-state index contributed by atoms with van der Waals surface area (Å²) in [7, 11) is -3.11. The second-order valence-electron chi connectivity index (χ2n) is 5.56. The number of carbonyl (C=O) groups excluding carboxylic acids is 2. The molecular weight excluding hydrogens is 372 g/mol. The van der Waals surface area contributed by atoms with Gasteiger partial charge in [-0.25, -0.2) is 13.2 Å². The first kappa shape index (κ1) is 19.8. The molecule has 10 heteroatoms. The van der Waals surface area contributed by atoms with Gasteiger partial charge < -0.3 is 14.8 Å². The van der Waals surface area contributed by atoms with Gasteiger partial charge in [0.2, 0.25) is 0 Å². The number of sulfone groups is 1. The zero-order valence-corrected chi connectivity index (χ0v) is 14.4.